The highest BCUT2D eigenvalue weighted by molar-refractivity contribution is 7.92. The van der Waals surface area contributed by atoms with E-state index in [1.54, 1.807) is 37.3 Å². The molecule has 0 unspecified atom stereocenters. The Hall–Kier alpha value is -3.34. The summed E-state index contributed by atoms with van der Waals surface area (Å²) in [6.45, 7) is 6.88. The summed E-state index contributed by atoms with van der Waals surface area (Å²) in [6.07, 6.45) is 0.681. The third kappa shape index (κ3) is 8.36. The number of nitrogens with zero attached hydrogens (tertiary/aromatic N) is 2. The van der Waals surface area contributed by atoms with Crippen molar-refractivity contribution in [1.29, 1.82) is 0 Å². The lowest BCUT2D eigenvalue weighted by molar-refractivity contribution is -0.139. The Bertz CT molecular complexity index is 1490. The maximum atomic E-state index is 14.0. The molecule has 1 N–H and O–H groups in total. The number of halogens is 3. The quantitative estimate of drug-likeness (QED) is 0.246. The number of carbonyl (C=O) groups excluding carboxylic acids is 2. The zero-order valence-electron chi connectivity index (χ0n) is 23.8. The van der Waals surface area contributed by atoms with Crippen molar-refractivity contribution >= 4 is 50.7 Å². The summed E-state index contributed by atoms with van der Waals surface area (Å²) in [4.78, 5) is 28.2. The van der Waals surface area contributed by atoms with Crippen LogP contribution in [0.25, 0.3) is 0 Å². The summed E-state index contributed by atoms with van der Waals surface area (Å²) in [6, 6.07) is 14.3. The van der Waals surface area contributed by atoms with Crippen LogP contribution in [-0.4, -0.2) is 50.4 Å². The number of hydrogen-bond acceptors (Lipinski definition) is 5. The Balaban J connectivity index is 2.04. The molecule has 0 radical (unpaired) electrons. The van der Waals surface area contributed by atoms with Crippen LogP contribution in [0.2, 0.25) is 10.0 Å². The molecule has 0 saturated heterocycles. The van der Waals surface area contributed by atoms with Crippen LogP contribution in [0.15, 0.2) is 71.6 Å². The molecule has 12 heteroatoms. The van der Waals surface area contributed by atoms with Crippen molar-refractivity contribution < 1.29 is 27.1 Å². The maximum absolute atomic E-state index is 14.0. The van der Waals surface area contributed by atoms with Crippen molar-refractivity contribution in [2.75, 3.05) is 17.5 Å². The highest BCUT2D eigenvalue weighted by atomic mass is 35.5. The molecule has 0 saturated carbocycles. The van der Waals surface area contributed by atoms with E-state index in [1.165, 1.54) is 17.0 Å². The summed E-state index contributed by atoms with van der Waals surface area (Å²) in [5.41, 5.74) is 0.775. The highest BCUT2D eigenvalue weighted by Gasteiger charge is 2.33. The minimum atomic E-state index is -4.34. The van der Waals surface area contributed by atoms with Crippen molar-refractivity contribution in [2.45, 2.75) is 57.6 Å². The number of ether oxygens (including phenoxy) is 1. The molecule has 0 aliphatic rings. The summed E-state index contributed by atoms with van der Waals surface area (Å²) in [7, 11) is -4.34. The van der Waals surface area contributed by atoms with E-state index < -0.39 is 40.2 Å². The lowest BCUT2D eigenvalue weighted by Crippen LogP contribution is -2.52. The molecule has 3 aromatic rings. The van der Waals surface area contributed by atoms with E-state index in [9.17, 15) is 22.4 Å². The zero-order chi connectivity index (χ0) is 31.0. The van der Waals surface area contributed by atoms with E-state index in [0.717, 1.165) is 28.6 Å². The van der Waals surface area contributed by atoms with Gasteiger partial charge in [-0.15, -0.1) is 0 Å². The first-order chi connectivity index (χ1) is 19.9. The number of amides is 2. The molecular formula is C30H34Cl2FN3O5S. The Morgan fingerprint density at radius 1 is 0.952 bits per heavy atom. The highest BCUT2D eigenvalue weighted by Crippen LogP contribution is 2.28. The third-order valence-corrected chi connectivity index (χ3v) is 9.15. The van der Waals surface area contributed by atoms with Crippen molar-refractivity contribution in [1.82, 2.24) is 10.2 Å². The van der Waals surface area contributed by atoms with Crippen LogP contribution in [-0.2, 0) is 26.2 Å². The van der Waals surface area contributed by atoms with Crippen LogP contribution in [0.5, 0.6) is 5.75 Å². The Kier molecular flexibility index (Phi) is 11.6. The molecule has 0 bridgehead atoms. The second-order valence-electron chi connectivity index (χ2n) is 9.66. The number of anilines is 1. The number of hydrogen-bond donors (Lipinski definition) is 1. The Morgan fingerprint density at radius 3 is 2.17 bits per heavy atom. The molecule has 2 atom stereocenters. The van der Waals surface area contributed by atoms with E-state index in [2.05, 4.69) is 5.32 Å². The largest absolute Gasteiger partial charge is 0.494 e. The summed E-state index contributed by atoms with van der Waals surface area (Å²) in [5, 5.41) is 3.47. The molecule has 0 spiro atoms. The fraction of sp³-hybridized carbons (Fsp3) is 0.333. The van der Waals surface area contributed by atoms with Crippen LogP contribution >= 0.6 is 23.2 Å². The summed E-state index contributed by atoms with van der Waals surface area (Å²) >= 11 is 12.3. The number of sulfonamides is 1. The number of carbonyl (C=O) groups is 2. The molecule has 8 nitrogen and oxygen atoms in total. The average molecular weight is 639 g/mol. The SMILES string of the molecule is CCOc1ccc(N(CC(=O)N(Cc2ccc(Cl)c(Cl)c2)[C@@H](C)C(=O)N[C@@H](C)CC)S(=O)(=O)c2ccc(F)cc2)cc1. The van der Waals surface area contributed by atoms with Crippen LogP contribution in [0.3, 0.4) is 0 Å². The van der Waals surface area contributed by atoms with Crippen LogP contribution in [0.1, 0.15) is 39.7 Å². The molecule has 3 aromatic carbocycles. The van der Waals surface area contributed by atoms with Gasteiger partial charge in [0.25, 0.3) is 10.0 Å². The number of nitrogens with one attached hydrogen (secondary N) is 1. The lowest BCUT2D eigenvalue weighted by atomic mass is 10.1. The van der Waals surface area contributed by atoms with Gasteiger partial charge in [0.05, 0.1) is 27.2 Å². The molecule has 0 aromatic heterocycles. The van der Waals surface area contributed by atoms with Crippen LogP contribution < -0.4 is 14.4 Å². The summed E-state index contributed by atoms with van der Waals surface area (Å²) in [5.74, 6) is -1.13. The van der Waals surface area contributed by atoms with Gasteiger partial charge < -0.3 is 15.0 Å². The van der Waals surface area contributed by atoms with Gasteiger partial charge in [0.2, 0.25) is 11.8 Å². The molecule has 226 valence electrons. The van der Waals surface area contributed by atoms with Gasteiger partial charge in [-0.2, -0.15) is 0 Å². The minimum absolute atomic E-state index is 0.0431. The average Bonchev–Trinajstić information content (AvgIpc) is 2.96. The molecule has 0 aliphatic carbocycles. The fourth-order valence-corrected chi connectivity index (χ4v) is 5.76. The van der Waals surface area contributed by atoms with Crippen LogP contribution in [0, 0.1) is 5.82 Å². The standard InChI is InChI=1S/C30H34Cl2FN3O5S/c1-5-20(3)34-30(38)21(4)35(18-22-7-16-27(31)28(32)17-22)29(37)19-36(24-10-12-25(13-11-24)41-6-2)42(39,40)26-14-8-23(33)9-15-26/h7-17,20-21H,5-6,18-19H2,1-4H3,(H,34,38)/t20-,21-/m0/s1. The lowest BCUT2D eigenvalue weighted by Gasteiger charge is -2.32. The molecular weight excluding hydrogens is 604 g/mol. The van der Waals surface area contributed by atoms with Gasteiger partial charge in [0, 0.05) is 12.6 Å². The van der Waals surface area contributed by atoms with Gasteiger partial charge in [-0.25, -0.2) is 12.8 Å². The predicted molar refractivity (Wildman–Crippen MR) is 163 cm³/mol. The predicted octanol–water partition coefficient (Wildman–Crippen LogP) is 6.06. The molecule has 42 heavy (non-hydrogen) atoms. The van der Waals surface area contributed by atoms with E-state index in [4.69, 9.17) is 27.9 Å². The summed E-state index contributed by atoms with van der Waals surface area (Å²) < 4.78 is 47.7. The van der Waals surface area contributed by atoms with Crippen molar-refractivity contribution in [3.05, 3.63) is 88.2 Å². The third-order valence-electron chi connectivity index (χ3n) is 6.62. The topological polar surface area (TPSA) is 96.0 Å². The Labute approximate surface area is 256 Å². The van der Waals surface area contributed by atoms with Gasteiger partial charge in [-0.05, 0) is 93.4 Å². The smallest absolute Gasteiger partial charge is 0.264 e. The number of benzene rings is 3. The molecule has 3 rings (SSSR count). The molecule has 0 fully saturated rings. The Morgan fingerprint density at radius 2 is 1.60 bits per heavy atom. The number of rotatable bonds is 13. The minimum Gasteiger partial charge on any atom is -0.494 e. The normalized spacial score (nSPS) is 12.7. The van der Waals surface area contributed by atoms with Crippen molar-refractivity contribution in [2.24, 2.45) is 0 Å². The van der Waals surface area contributed by atoms with E-state index in [1.807, 2.05) is 20.8 Å². The van der Waals surface area contributed by atoms with Crippen LogP contribution in [0.4, 0.5) is 10.1 Å². The van der Waals surface area contributed by atoms with E-state index in [-0.39, 0.29) is 28.2 Å². The van der Waals surface area contributed by atoms with Gasteiger partial charge in [0.15, 0.2) is 0 Å². The first-order valence-electron chi connectivity index (χ1n) is 13.4. The zero-order valence-corrected chi connectivity index (χ0v) is 26.1. The van der Waals surface area contributed by atoms with Gasteiger partial charge >= 0.3 is 0 Å². The van der Waals surface area contributed by atoms with Crippen molar-refractivity contribution in [3.63, 3.8) is 0 Å². The first kappa shape index (κ1) is 33.2. The fourth-order valence-electron chi connectivity index (χ4n) is 4.02. The van der Waals surface area contributed by atoms with E-state index in [0.29, 0.717) is 29.4 Å². The maximum Gasteiger partial charge on any atom is 0.264 e. The van der Waals surface area contributed by atoms with Gasteiger partial charge in [0.1, 0.15) is 24.2 Å². The monoisotopic (exact) mass is 637 g/mol. The van der Waals surface area contributed by atoms with Gasteiger partial charge in [-0.3, -0.25) is 13.9 Å². The van der Waals surface area contributed by atoms with E-state index >= 15 is 0 Å². The second-order valence-corrected chi connectivity index (χ2v) is 12.3. The molecule has 0 heterocycles. The first-order valence-corrected chi connectivity index (χ1v) is 15.6. The van der Waals surface area contributed by atoms with Crippen molar-refractivity contribution in [3.8, 4) is 5.75 Å². The molecule has 2 amide bonds. The molecule has 0 aliphatic heterocycles. The van der Waals surface area contributed by atoms with Gasteiger partial charge in [-0.1, -0.05) is 36.2 Å². The second kappa shape index (κ2) is 14.7.